The molecule has 0 saturated carbocycles. The van der Waals surface area contributed by atoms with Crippen molar-refractivity contribution in [3.8, 4) is 5.75 Å². The molecule has 2 atom stereocenters. The monoisotopic (exact) mass is 192 g/mol. The molecule has 0 saturated heterocycles. The number of carbonyl (C=O) groups is 1. The maximum absolute atomic E-state index is 10.5. The van der Waals surface area contributed by atoms with E-state index in [4.69, 9.17) is 5.11 Å². The highest BCUT2D eigenvalue weighted by Gasteiger charge is 2.09. The van der Waals surface area contributed by atoms with Crippen LogP contribution in [-0.2, 0) is 4.79 Å². The molecule has 2 unspecified atom stereocenters. The quantitative estimate of drug-likeness (QED) is 0.745. The summed E-state index contributed by atoms with van der Waals surface area (Å²) in [4.78, 5) is 10.5. The van der Waals surface area contributed by atoms with Crippen molar-refractivity contribution in [3.63, 3.8) is 0 Å². The van der Waals surface area contributed by atoms with E-state index in [-0.39, 0.29) is 11.7 Å². The van der Waals surface area contributed by atoms with Gasteiger partial charge in [-0.25, -0.2) is 0 Å². The maximum Gasteiger partial charge on any atom is 0.122 e. The van der Waals surface area contributed by atoms with Crippen molar-refractivity contribution in [1.82, 2.24) is 0 Å². The largest absolute Gasteiger partial charge is 0.508 e. The van der Waals surface area contributed by atoms with Crippen molar-refractivity contribution >= 4 is 6.29 Å². The van der Waals surface area contributed by atoms with E-state index in [9.17, 15) is 4.79 Å². The van der Waals surface area contributed by atoms with Crippen LogP contribution in [0.2, 0.25) is 0 Å². The molecule has 14 heavy (non-hydrogen) atoms. The van der Waals surface area contributed by atoms with Crippen LogP contribution >= 0.6 is 0 Å². The van der Waals surface area contributed by atoms with Crippen LogP contribution < -0.4 is 0 Å². The number of phenols is 1. The lowest BCUT2D eigenvalue weighted by Crippen LogP contribution is -2.02. The third kappa shape index (κ3) is 2.87. The first-order valence-electron chi connectivity index (χ1n) is 4.87. The molecular formula is C12H16O2. The summed E-state index contributed by atoms with van der Waals surface area (Å²) < 4.78 is 0. The minimum Gasteiger partial charge on any atom is -0.508 e. The van der Waals surface area contributed by atoms with Crippen LogP contribution in [0.3, 0.4) is 0 Å². The summed E-state index contributed by atoms with van der Waals surface area (Å²) in [7, 11) is 0. The summed E-state index contributed by atoms with van der Waals surface area (Å²) in [6, 6.07) is 7.16. The van der Waals surface area contributed by atoms with Gasteiger partial charge in [0.2, 0.25) is 0 Å². The minimum absolute atomic E-state index is 0.0961. The molecule has 0 aromatic heterocycles. The fraction of sp³-hybridized carbons (Fsp3) is 0.417. The molecule has 2 nitrogen and oxygen atoms in total. The van der Waals surface area contributed by atoms with Gasteiger partial charge < -0.3 is 9.90 Å². The fourth-order valence-corrected chi connectivity index (χ4v) is 1.55. The predicted octanol–water partition coefficient (Wildman–Crippen LogP) is 2.72. The van der Waals surface area contributed by atoms with E-state index in [0.29, 0.717) is 5.92 Å². The smallest absolute Gasteiger partial charge is 0.122 e. The zero-order valence-corrected chi connectivity index (χ0v) is 8.60. The molecule has 0 spiro atoms. The van der Waals surface area contributed by atoms with Gasteiger partial charge in [-0.3, -0.25) is 0 Å². The van der Waals surface area contributed by atoms with Gasteiger partial charge in [-0.1, -0.05) is 26.0 Å². The van der Waals surface area contributed by atoms with Gasteiger partial charge in [0, 0.05) is 5.92 Å². The predicted molar refractivity (Wildman–Crippen MR) is 56.4 cm³/mol. The molecule has 0 amide bonds. The number of hydrogen-bond acceptors (Lipinski definition) is 2. The maximum atomic E-state index is 10.5. The molecule has 0 bridgehead atoms. The SMILES string of the molecule is CC(C=O)CC(C)c1ccc(O)cc1. The zero-order valence-electron chi connectivity index (χ0n) is 8.60. The second kappa shape index (κ2) is 4.80. The van der Waals surface area contributed by atoms with Crippen molar-refractivity contribution in [2.75, 3.05) is 0 Å². The van der Waals surface area contributed by atoms with E-state index in [1.54, 1.807) is 12.1 Å². The molecular weight excluding hydrogens is 176 g/mol. The first-order valence-corrected chi connectivity index (χ1v) is 4.87. The molecule has 1 N–H and O–H groups in total. The Hall–Kier alpha value is -1.31. The van der Waals surface area contributed by atoms with Gasteiger partial charge in [-0.2, -0.15) is 0 Å². The molecule has 1 aromatic carbocycles. The van der Waals surface area contributed by atoms with E-state index in [1.807, 2.05) is 19.1 Å². The van der Waals surface area contributed by atoms with Gasteiger partial charge in [-0.15, -0.1) is 0 Å². The molecule has 0 aliphatic rings. The Morgan fingerprint density at radius 2 is 1.86 bits per heavy atom. The summed E-state index contributed by atoms with van der Waals surface area (Å²) in [6.07, 6.45) is 1.84. The molecule has 1 rings (SSSR count). The van der Waals surface area contributed by atoms with Crippen molar-refractivity contribution in [2.45, 2.75) is 26.2 Å². The third-order valence-electron chi connectivity index (χ3n) is 2.42. The second-order valence-corrected chi connectivity index (χ2v) is 3.84. The lowest BCUT2D eigenvalue weighted by molar-refractivity contribution is -0.110. The Balaban J connectivity index is 2.64. The van der Waals surface area contributed by atoms with Crippen LogP contribution in [0.4, 0.5) is 0 Å². The molecule has 2 heteroatoms. The van der Waals surface area contributed by atoms with Gasteiger partial charge >= 0.3 is 0 Å². The Labute approximate surface area is 84.6 Å². The standard InChI is InChI=1S/C12H16O2/c1-9(8-13)7-10(2)11-3-5-12(14)6-4-11/h3-6,8-10,14H,7H2,1-2H3. The Morgan fingerprint density at radius 1 is 1.29 bits per heavy atom. The Morgan fingerprint density at radius 3 is 2.36 bits per heavy atom. The van der Waals surface area contributed by atoms with Crippen LogP contribution in [-0.4, -0.2) is 11.4 Å². The van der Waals surface area contributed by atoms with Crippen molar-refractivity contribution in [2.24, 2.45) is 5.92 Å². The first kappa shape index (κ1) is 10.8. The Bertz CT molecular complexity index is 290. The molecule has 76 valence electrons. The molecule has 0 heterocycles. The summed E-state index contributed by atoms with van der Waals surface area (Å²) in [5, 5.41) is 9.11. The highest BCUT2D eigenvalue weighted by atomic mass is 16.3. The number of carbonyl (C=O) groups excluding carboxylic acids is 1. The van der Waals surface area contributed by atoms with Gasteiger partial charge in [-0.05, 0) is 30.0 Å². The number of benzene rings is 1. The third-order valence-corrected chi connectivity index (χ3v) is 2.42. The number of phenolic OH excluding ortho intramolecular Hbond substituents is 1. The van der Waals surface area contributed by atoms with E-state index in [2.05, 4.69) is 6.92 Å². The average Bonchev–Trinajstić information content (AvgIpc) is 2.18. The van der Waals surface area contributed by atoms with Gasteiger partial charge in [0.05, 0.1) is 0 Å². The molecule has 0 aliphatic carbocycles. The van der Waals surface area contributed by atoms with Crippen LogP contribution in [0.25, 0.3) is 0 Å². The summed E-state index contributed by atoms with van der Waals surface area (Å²) in [5.74, 6) is 0.735. The number of aldehydes is 1. The van der Waals surface area contributed by atoms with E-state index in [0.717, 1.165) is 18.3 Å². The summed E-state index contributed by atoms with van der Waals surface area (Å²) in [5.41, 5.74) is 1.16. The van der Waals surface area contributed by atoms with Crippen molar-refractivity contribution in [1.29, 1.82) is 0 Å². The van der Waals surface area contributed by atoms with Gasteiger partial charge in [0.15, 0.2) is 0 Å². The lowest BCUT2D eigenvalue weighted by atomic mass is 9.92. The molecule has 1 aromatic rings. The minimum atomic E-state index is 0.0961. The molecule has 0 radical (unpaired) electrons. The van der Waals surface area contributed by atoms with E-state index < -0.39 is 0 Å². The van der Waals surface area contributed by atoms with E-state index in [1.165, 1.54) is 0 Å². The normalized spacial score (nSPS) is 14.7. The topological polar surface area (TPSA) is 37.3 Å². The second-order valence-electron chi connectivity index (χ2n) is 3.84. The van der Waals surface area contributed by atoms with Crippen LogP contribution in [0, 0.1) is 5.92 Å². The Kier molecular flexibility index (Phi) is 3.69. The van der Waals surface area contributed by atoms with Crippen molar-refractivity contribution < 1.29 is 9.90 Å². The number of aromatic hydroxyl groups is 1. The average molecular weight is 192 g/mol. The van der Waals surface area contributed by atoms with Crippen molar-refractivity contribution in [3.05, 3.63) is 29.8 Å². The zero-order chi connectivity index (χ0) is 10.6. The summed E-state index contributed by atoms with van der Waals surface area (Å²) in [6.45, 7) is 4.01. The van der Waals surface area contributed by atoms with Crippen LogP contribution in [0.5, 0.6) is 5.75 Å². The lowest BCUT2D eigenvalue weighted by Gasteiger charge is -2.13. The first-order chi connectivity index (χ1) is 6.63. The summed E-state index contributed by atoms with van der Waals surface area (Å²) >= 11 is 0. The highest BCUT2D eigenvalue weighted by molar-refractivity contribution is 5.52. The number of hydrogen-bond donors (Lipinski definition) is 1. The van der Waals surface area contributed by atoms with Gasteiger partial charge in [0.1, 0.15) is 12.0 Å². The molecule has 0 fully saturated rings. The molecule has 0 aliphatic heterocycles. The van der Waals surface area contributed by atoms with E-state index >= 15 is 0 Å². The van der Waals surface area contributed by atoms with Gasteiger partial charge in [0.25, 0.3) is 0 Å². The van der Waals surface area contributed by atoms with Crippen LogP contribution in [0.15, 0.2) is 24.3 Å². The fourth-order valence-electron chi connectivity index (χ4n) is 1.55. The number of rotatable bonds is 4. The van der Waals surface area contributed by atoms with Crippen LogP contribution in [0.1, 0.15) is 31.7 Å². The highest BCUT2D eigenvalue weighted by Crippen LogP contribution is 2.23.